The minimum atomic E-state index is -0.245. The first-order chi connectivity index (χ1) is 9.61. The summed E-state index contributed by atoms with van der Waals surface area (Å²) >= 11 is 0. The van der Waals surface area contributed by atoms with Crippen LogP contribution in [0.4, 0.5) is 0 Å². The van der Waals surface area contributed by atoms with Gasteiger partial charge in [0.15, 0.2) is 11.5 Å². The topological polar surface area (TPSA) is 77.5 Å². The number of benzene rings is 1. The normalized spacial score (nSPS) is 21.1. The Labute approximate surface area is 116 Å². The molecule has 0 aromatic heterocycles. The molecule has 1 atom stereocenters. The second kappa shape index (κ2) is 5.10. The number of ether oxygens (including phenoxy) is 3. The van der Waals surface area contributed by atoms with Crippen LogP contribution in [0.2, 0.25) is 0 Å². The van der Waals surface area contributed by atoms with Gasteiger partial charge < -0.3 is 24.6 Å². The highest BCUT2D eigenvalue weighted by molar-refractivity contribution is 5.61. The number of hydroxylamine groups is 2. The van der Waals surface area contributed by atoms with Crippen LogP contribution in [-0.4, -0.2) is 49.4 Å². The van der Waals surface area contributed by atoms with Gasteiger partial charge in [0.1, 0.15) is 0 Å². The predicted molar refractivity (Wildman–Crippen MR) is 70.1 cm³/mol. The van der Waals surface area contributed by atoms with Crippen molar-refractivity contribution < 1.29 is 19.4 Å². The molecule has 3 rings (SSSR count). The first-order valence-corrected chi connectivity index (χ1v) is 6.45. The van der Waals surface area contributed by atoms with E-state index in [1.807, 2.05) is 18.0 Å². The Balaban J connectivity index is 2.12. The number of methoxy groups -OCH3 is 1. The van der Waals surface area contributed by atoms with Gasteiger partial charge in [-0.2, -0.15) is 0 Å². The van der Waals surface area contributed by atoms with Crippen LogP contribution in [0.25, 0.3) is 0 Å². The van der Waals surface area contributed by atoms with Gasteiger partial charge in [0.05, 0.1) is 13.2 Å². The first kappa shape index (κ1) is 13.4. The molecule has 2 heterocycles. The lowest BCUT2D eigenvalue weighted by atomic mass is 9.91. The molecule has 110 valence electrons. The molecule has 0 spiro atoms. The summed E-state index contributed by atoms with van der Waals surface area (Å²) in [7, 11) is 3.48. The Hall–Kier alpha value is -1.54. The molecule has 1 aromatic carbocycles. The molecule has 20 heavy (non-hydrogen) atoms. The number of fused-ring (bicyclic) bond motifs is 2. The third-order valence-corrected chi connectivity index (χ3v) is 3.88. The summed E-state index contributed by atoms with van der Waals surface area (Å²) in [5.41, 5.74) is 1.96. The summed E-state index contributed by atoms with van der Waals surface area (Å²) in [6.07, 6.45) is 0.833. The highest BCUT2D eigenvalue weighted by Crippen LogP contribution is 2.49. The summed E-state index contributed by atoms with van der Waals surface area (Å²) in [5.74, 6) is 1.84. The molecule has 7 heteroatoms. The zero-order valence-corrected chi connectivity index (χ0v) is 11.5. The minimum absolute atomic E-state index is 0.0414. The van der Waals surface area contributed by atoms with Crippen molar-refractivity contribution in [3.8, 4) is 17.2 Å². The van der Waals surface area contributed by atoms with Crippen molar-refractivity contribution in [2.75, 3.05) is 34.0 Å². The first-order valence-electron chi connectivity index (χ1n) is 6.45. The van der Waals surface area contributed by atoms with Gasteiger partial charge in [0.25, 0.3) is 0 Å². The van der Waals surface area contributed by atoms with Crippen LogP contribution in [0.3, 0.4) is 0 Å². The fraction of sp³-hybridized carbons (Fsp3) is 0.538. The van der Waals surface area contributed by atoms with E-state index < -0.39 is 0 Å². The number of rotatable bonds is 3. The molecule has 7 nitrogen and oxygen atoms in total. The molecule has 0 saturated carbocycles. The quantitative estimate of drug-likeness (QED) is 0.832. The van der Waals surface area contributed by atoms with Crippen LogP contribution in [0, 0.1) is 5.21 Å². The average molecular weight is 281 g/mol. The van der Waals surface area contributed by atoms with Crippen molar-refractivity contribution >= 4 is 0 Å². The van der Waals surface area contributed by atoms with Gasteiger partial charge in [-0.1, -0.05) is 0 Å². The van der Waals surface area contributed by atoms with E-state index in [-0.39, 0.29) is 24.6 Å². The monoisotopic (exact) mass is 281 g/mol. The molecule has 0 fully saturated rings. The van der Waals surface area contributed by atoms with Gasteiger partial charge in [-0.05, 0) is 25.1 Å². The van der Waals surface area contributed by atoms with E-state index in [4.69, 9.17) is 19.4 Å². The molecular formula is C13H17N2O5-. The van der Waals surface area contributed by atoms with E-state index in [1.54, 1.807) is 7.11 Å². The molecule has 0 aliphatic carbocycles. The smallest absolute Gasteiger partial charge is 0.231 e. The molecule has 2 aliphatic heterocycles. The lowest BCUT2D eigenvalue weighted by Gasteiger charge is -2.38. The van der Waals surface area contributed by atoms with Gasteiger partial charge in [-0.3, -0.25) is 10.1 Å². The summed E-state index contributed by atoms with van der Waals surface area (Å²) < 4.78 is 16.3. The lowest BCUT2D eigenvalue weighted by Crippen LogP contribution is -2.38. The zero-order valence-electron chi connectivity index (χ0n) is 11.5. The Morgan fingerprint density at radius 3 is 3.05 bits per heavy atom. The molecule has 1 aromatic rings. The fourth-order valence-corrected chi connectivity index (χ4v) is 2.90. The van der Waals surface area contributed by atoms with E-state index in [0.717, 1.165) is 24.1 Å². The maximum absolute atomic E-state index is 11.0. The third-order valence-electron chi connectivity index (χ3n) is 3.88. The standard InChI is InChI=1S/C13H17N2O5/c1-14-4-3-8-5-10-12(20-7-19-10)13(18-2)11(8)9(14)6-15(16)17/h5,9,16H,3-4,6-7H2,1-2H3/q-1. The van der Waals surface area contributed by atoms with Crippen molar-refractivity contribution in [2.45, 2.75) is 12.5 Å². The Kier molecular flexibility index (Phi) is 3.43. The van der Waals surface area contributed by atoms with Crippen LogP contribution in [-0.2, 0) is 6.42 Å². The highest BCUT2D eigenvalue weighted by Gasteiger charge is 2.33. The maximum atomic E-state index is 11.0. The third kappa shape index (κ3) is 2.08. The number of likely N-dealkylation sites (N-methyl/N-ethyl adjacent to an activating group) is 1. The van der Waals surface area contributed by atoms with Gasteiger partial charge in [0.2, 0.25) is 12.5 Å². The van der Waals surface area contributed by atoms with Gasteiger partial charge in [-0.25, -0.2) is 0 Å². The van der Waals surface area contributed by atoms with E-state index in [2.05, 4.69) is 0 Å². The van der Waals surface area contributed by atoms with E-state index in [1.165, 1.54) is 0 Å². The lowest BCUT2D eigenvalue weighted by molar-refractivity contribution is -0.0595. The molecule has 0 saturated heterocycles. The van der Waals surface area contributed by atoms with Crippen molar-refractivity contribution in [3.63, 3.8) is 0 Å². The number of nitrogens with zero attached hydrogens (tertiary/aromatic N) is 2. The van der Waals surface area contributed by atoms with Crippen molar-refractivity contribution in [3.05, 3.63) is 22.4 Å². The molecule has 0 amide bonds. The largest absolute Gasteiger partial charge is 0.762 e. The van der Waals surface area contributed by atoms with Crippen LogP contribution in [0.5, 0.6) is 17.2 Å². The highest BCUT2D eigenvalue weighted by atomic mass is 16.8. The Bertz CT molecular complexity index is 520. The SMILES string of the molecule is COc1c2c(cc3c1C(CN([O-])O)N(C)CC3)OCO2. The van der Waals surface area contributed by atoms with Crippen molar-refractivity contribution in [1.29, 1.82) is 0 Å². The van der Waals surface area contributed by atoms with E-state index in [9.17, 15) is 5.21 Å². The summed E-state index contributed by atoms with van der Waals surface area (Å²) in [5, 5.41) is 20.1. The molecular weight excluding hydrogens is 264 g/mol. The summed E-state index contributed by atoms with van der Waals surface area (Å²) in [6, 6.07) is 1.69. The Morgan fingerprint density at radius 1 is 1.55 bits per heavy atom. The second-order valence-corrected chi connectivity index (χ2v) is 5.00. The molecule has 0 radical (unpaired) electrons. The summed E-state index contributed by atoms with van der Waals surface area (Å²) in [4.78, 5) is 2.02. The van der Waals surface area contributed by atoms with Gasteiger partial charge in [-0.15, -0.1) is 0 Å². The number of hydrogen-bond acceptors (Lipinski definition) is 7. The fourth-order valence-electron chi connectivity index (χ4n) is 2.90. The van der Waals surface area contributed by atoms with Gasteiger partial charge >= 0.3 is 0 Å². The number of hydrogen-bond donors (Lipinski definition) is 1. The molecule has 1 N–H and O–H groups in total. The minimum Gasteiger partial charge on any atom is -0.762 e. The van der Waals surface area contributed by atoms with Crippen LogP contribution < -0.4 is 14.2 Å². The van der Waals surface area contributed by atoms with Crippen LogP contribution >= 0.6 is 0 Å². The average Bonchev–Trinajstić information content (AvgIpc) is 2.87. The zero-order chi connectivity index (χ0) is 14.3. The summed E-state index contributed by atoms with van der Waals surface area (Å²) in [6.45, 7) is 0.927. The van der Waals surface area contributed by atoms with Crippen LogP contribution in [0.15, 0.2) is 6.07 Å². The second-order valence-electron chi connectivity index (χ2n) is 5.00. The maximum Gasteiger partial charge on any atom is 0.231 e. The van der Waals surface area contributed by atoms with Gasteiger partial charge in [0, 0.05) is 18.7 Å². The Morgan fingerprint density at radius 2 is 2.35 bits per heavy atom. The van der Waals surface area contributed by atoms with E-state index in [0.29, 0.717) is 17.2 Å². The van der Waals surface area contributed by atoms with Crippen molar-refractivity contribution in [1.82, 2.24) is 10.1 Å². The van der Waals surface area contributed by atoms with E-state index >= 15 is 0 Å². The van der Waals surface area contributed by atoms with Crippen LogP contribution in [0.1, 0.15) is 17.2 Å². The molecule has 2 aliphatic rings. The van der Waals surface area contributed by atoms with Crippen molar-refractivity contribution in [2.24, 2.45) is 0 Å². The predicted octanol–water partition coefficient (Wildman–Crippen LogP) is 1.14. The molecule has 1 unspecified atom stereocenters. The molecule has 0 bridgehead atoms.